The standard InChI is InChI=1S/C28H35N7O3/c1-18-24(19-8-10-34(11-9-19)27(36)38-28(2,3)4)35-17-23(20-6-5-7-22-21(20)16-29-32-22)31-25(26(35)30-18)33-12-14-37-15-13-33/h5-7,16-17,19H,8-15H2,1-4H3,(H,29,32). The van der Waals surface area contributed by atoms with Gasteiger partial charge in [-0.15, -0.1) is 0 Å². The van der Waals surface area contributed by atoms with Crippen molar-refractivity contribution < 1.29 is 14.3 Å². The minimum absolute atomic E-state index is 0.236. The lowest BCUT2D eigenvalue weighted by atomic mass is 9.92. The van der Waals surface area contributed by atoms with E-state index in [4.69, 9.17) is 19.4 Å². The van der Waals surface area contributed by atoms with Gasteiger partial charge in [0.05, 0.1) is 36.3 Å². The number of imidazole rings is 1. The van der Waals surface area contributed by atoms with Gasteiger partial charge in [0.15, 0.2) is 11.5 Å². The number of carbonyl (C=O) groups excluding carboxylic acids is 1. The summed E-state index contributed by atoms with van der Waals surface area (Å²) in [4.78, 5) is 27.0. The Labute approximate surface area is 221 Å². The number of anilines is 1. The SMILES string of the molecule is Cc1nc2c(N3CCOCC3)nc(-c3cccc4[nH]ncc34)cn2c1C1CCN(C(=O)OC(C)(C)C)CC1. The minimum Gasteiger partial charge on any atom is -0.444 e. The highest BCUT2D eigenvalue weighted by molar-refractivity contribution is 5.93. The van der Waals surface area contributed by atoms with Crippen molar-refractivity contribution in [3.05, 3.63) is 42.0 Å². The molecule has 3 aromatic heterocycles. The van der Waals surface area contributed by atoms with Crippen molar-refractivity contribution in [1.29, 1.82) is 0 Å². The third-order valence-electron chi connectivity index (χ3n) is 7.41. The van der Waals surface area contributed by atoms with Crippen LogP contribution >= 0.6 is 0 Å². The van der Waals surface area contributed by atoms with E-state index in [0.717, 1.165) is 65.3 Å². The molecule has 4 aromatic rings. The van der Waals surface area contributed by atoms with Crippen molar-refractivity contribution in [3.63, 3.8) is 0 Å². The molecule has 1 N–H and O–H groups in total. The molecule has 2 aliphatic rings. The lowest BCUT2D eigenvalue weighted by Crippen LogP contribution is -2.41. The number of aromatic nitrogens is 5. The number of aryl methyl sites for hydroxylation is 1. The molecule has 200 valence electrons. The van der Waals surface area contributed by atoms with Crippen molar-refractivity contribution in [1.82, 2.24) is 29.5 Å². The van der Waals surface area contributed by atoms with Crippen LogP contribution in [0.5, 0.6) is 0 Å². The number of aromatic amines is 1. The van der Waals surface area contributed by atoms with Gasteiger partial charge in [0, 0.05) is 54.9 Å². The average molecular weight is 518 g/mol. The monoisotopic (exact) mass is 517 g/mol. The molecule has 0 unspecified atom stereocenters. The predicted molar refractivity (Wildman–Crippen MR) is 146 cm³/mol. The second-order valence-electron chi connectivity index (χ2n) is 11.2. The summed E-state index contributed by atoms with van der Waals surface area (Å²) in [6.07, 6.45) is 5.46. The second-order valence-corrected chi connectivity index (χ2v) is 11.2. The molecule has 2 fully saturated rings. The third-order valence-corrected chi connectivity index (χ3v) is 7.41. The first-order chi connectivity index (χ1) is 18.3. The number of ether oxygens (including phenoxy) is 2. The Bertz CT molecular complexity index is 1470. The number of nitrogens with zero attached hydrogens (tertiary/aromatic N) is 6. The van der Waals surface area contributed by atoms with Crippen LogP contribution < -0.4 is 4.90 Å². The van der Waals surface area contributed by atoms with E-state index in [2.05, 4.69) is 38.7 Å². The Hall–Kier alpha value is -3.66. The zero-order valence-corrected chi connectivity index (χ0v) is 22.5. The molecular formula is C28H35N7O3. The molecular weight excluding hydrogens is 482 g/mol. The van der Waals surface area contributed by atoms with Crippen molar-refractivity contribution in [2.24, 2.45) is 0 Å². The molecule has 6 rings (SSSR count). The lowest BCUT2D eigenvalue weighted by molar-refractivity contribution is 0.0204. The van der Waals surface area contributed by atoms with Crippen molar-refractivity contribution in [2.75, 3.05) is 44.3 Å². The zero-order chi connectivity index (χ0) is 26.4. The van der Waals surface area contributed by atoms with E-state index in [1.807, 2.05) is 44.0 Å². The first-order valence-corrected chi connectivity index (χ1v) is 13.4. The van der Waals surface area contributed by atoms with E-state index in [1.54, 1.807) is 0 Å². The maximum atomic E-state index is 12.6. The Morgan fingerprint density at radius 3 is 2.61 bits per heavy atom. The van der Waals surface area contributed by atoms with E-state index >= 15 is 0 Å². The van der Waals surface area contributed by atoms with Gasteiger partial charge in [0.25, 0.3) is 0 Å². The van der Waals surface area contributed by atoms with E-state index in [1.165, 1.54) is 5.69 Å². The third kappa shape index (κ3) is 4.57. The molecule has 0 bridgehead atoms. The van der Waals surface area contributed by atoms with Crippen LogP contribution in [0.25, 0.3) is 27.8 Å². The van der Waals surface area contributed by atoms with Gasteiger partial charge in [0.2, 0.25) is 0 Å². The lowest BCUT2D eigenvalue weighted by Gasteiger charge is -2.33. The van der Waals surface area contributed by atoms with Crippen molar-refractivity contribution in [2.45, 2.75) is 52.1 Å². The number of fused-ring (bicyclic) bond motifs is 2. The van der Waals surface area contributed by atoms with Gasteiger partial charge in [-0.05, 0) is 46.6 Å². The van der Waals surface area contributed by atoms with Crippen LogP contribution in [0, 0.1) is 6.92 Å². The van der Waals surface area contributed by atoms with Crippen LogP contribution in [-0.4, -0.2) is 80.6 Å². The molecule has 2 saturated heterocycles. The minimum atomic E-state index is -0.497. The van der Waals surface area contributed by atoms with Gasteiger partial charge in [0.1, 0.15) is 5.60 Å². The summed E-state index contributed by atoms with van der Waals surface area (Å²) in [6.45, 7) is 12.0. The molecule has 0 radical (unpaired) electrons. The van der Waals surface area contributed by atoms with Gasteiger partial charge in [-0.25, -0.2) is 14.8 Å². The second kappa shape index (κ2) is 9.58. The van der Waals surface area contributed by atoms with Gasteiger partial charge >= 0.3 is 6.09 Å². The molecule has 2 aliphatic heterocycles. The van der Waals surface area contributed by atoms with E-state index in [9.17, 15) is 4.79 Å². The zero-order valence-electron chi connectivity index (χ0n) is 22.5. The Morgan fingerprint density at radius 1 is 1.11 bits per heavy atom. The average Bonchev–Trinajstić information content (AvgIpc) is 3.51. The fourth-order valence-corrected chi connectivity index (χ4v) is 5.62. The summed E-state index contributed by atoms with van der Waals surface area (Å²) in [5.41, 5.74) is 5.48. The maximum absolute atomic E-state index is 12.6. The normalized spacial score (nSPS) is 17.5. The first kappa shape index (κ1) is 24.7. The fraction of sp³-hybridized carbons (Fsp3) is 0.500. The highest BCUT2D eigenvalue weighted by Crippen LogP contribution is 2.36. The van der Waals surface area contributed by atoms with E-state index in [0.29, 0.717) is 26.3 Å². The number of hydrogen-bond acceptors (Lipinski definition) is 7. The number of morpholine rings is 1. The summed E-state index contributed by atoms with van der Waals surface area (Å²) in [5.74, 6) is 1.16. The van der Waals surface area contributed by atoms with Crippen LogP contribution in [0.4, 0.5) is 10.6 Å². The number of H-pyrrole nitrogens is 1. The number of benzene rings is 1. The highest BCUT2D eigenvalue weighted by atomic mass is 16.6. The molecule has 1 amide bonds. The number of likely N-dealkylation sites (tertiary alicyclic amines) is 1. The molecule has 0 saturated carbocycles. The van der Waals surface area contributed by atoms with E-state index in [-0.39, 0.29) is 12.0 Å². The number of nitrogens with one attached hydrogen (secondary N) is 1. The summed E-state index contributed by atoms with van der Waals surface area (Å²) in [5, 5.41) is 8.37. The van der Waals surface area contributed by atoms with Crippen molar-refractivity contribution >= 4 is 28.5 Å². The molecule has 38 heavy (non-hydrogen) atoms. The quantitative estimate of drug-likeness (QED) is 0.426. The van der Waals surface area contributed by atoms with Gasteiger partial charge in [-0.2, -0.15) is 5.10 Å². The predicted octanol–water partition coefficient (Wildman–Crippen LogP) is 4.53. The first-order valence-electron chi connectivity index (χ1n) is 13.4. The number of rotatable bonds is 3. The van der Waals surface area contributed by atoms with Crippen LogP contribution in [-0.2, 0) is 9.47 Å². The van der Waals surface area contributed by atoms with Crippen LogP contribution in [0.1, 0.15) is 50.9 Å². The van der Waals surface area contributed by atoms with Gasteiger partial charge in [-0.1, -0.05) is 12.1 Å². The van der Waals surface area contributed by atoms with Gasteiger partial charge in [-0.3, -0.25) is 9.50 Å². The maximum Gasteiger partial charge on any atom is 0.410 e. The molecule has 10 nitrogen and oxygen atoms in total. The molecule has 0 spiro atoms. The Balaban J connectivity index is 1.40. The molecule has 5 heterocycles. The number of carbonyl (C=O) groups is 1. The van der Waals surface area contributed by atoms with Crippen LogP contribution in [0.2, 0.25) is 0 Å². The summed E-state index contributed by atoms with van der Waals surface area (Å²) in [7, 11) is 0. The Kier molecular flexibility index (Phi) is 6.22. The summed E-state index contributed by atoms with van der Waals surface area (Å²) in [6, 6.07) is 6.15. The summed E-state index contributed by atoms with van der Waals surface area (Å²) < 4.78 is 13.5. The molecule has 10 heteroatoms. The molecule has 0 atom stereocenters. The smallest absolute Gasteiger partial charge is 0.410 e. The molecule has 1 aromatic carbocycles. The van der Waals surface area contributed by atoms with Crippen molar-refractivity contribution in [3.8, 4) is 11.3 Å². The number of amides is 1. The fourth-order valence-electron chi connectivity index (χ4n) is 5.62. The largest absolute Gasteiger partial charge is 0.444 e. The number of piperidine rings is 1. The number of hydrogen-bond donors (Lipinski definition) is 1. The topological polar surface area (TPSA) is 101 Å². The van der Waals surface area contributed by atoms with Crippen LogP contribution in [0.15, 0.2) is 30.6 Å². The Morgan fingerprint density at radius 2 is 1.87 bits per heavy atom. The van der Waals surface area contributed by atoms with Gasteiger partial charge < -0.3 is 19.3 Å². The molecule has 0 aliphatic carbocycles. The summed E-state index contributed by atoms with van der Waals surface area (Å²) >= 11 is 0. The van der Waals surface area contributed by atoms with E-state index < -0.39 is 5.60 Å². The van der Waals surface area contributed by atoms with Crippen LogP contribution in [0.3, 0.4) is 0 Å². The highest BCUT2D eigenvalue weighted by Gasteiger charge is 2.31.